The van der Waals surface area contributed by atoms with Crippen molar-refractivity contribution in [2.24, 2.45) is 5.10 Å². The Morgan fingerprint density at radius 1 is 1.16 bits per heavy atom. The first kappa shape index (κ1) is 13.1. The van der Waals surface area contributed by atoms with E-state index in [2.05, 4.69) is 10.5 Å². The zero-order valence-electron chi connectivity index (χ0n) is 10.0. The number of hydrazone groups is 1. The molecule has 0 heterocycles. The van der Waals surface area contributed by atoms with Crippen LogP contribution in [0.15, 0.2) is 53.6 Å². The highest BCUT2D eigenvalue weighted by Crippen LogP contribution is 2.10. The second kappa shape index (κ2) is 6.02. The minimum absolute atomic E-state index is 0.344. The van der Waals surface area contributed by atoms with Gasteiger partial charge in [-0.2, -0.15) is 5.10 Å². The third-order valence-corrected chi connectivity index (χ3v) is 2.71. The van der Waals surface area contributed by atoms with E-state index < -0.39 is 0 Å². The molecule has 0 aliphatic heterocycles. The molecule has 0 bridgehead atoms. The van der Waals surface area contributed by atoms with Crippen molar-refractivity contribution in [1.29, 1.82) is 0 Å². The van der Waals surface area contributed by atoms with Crippen molar-refractivity contribution in [3.8, 4) is 0 Å². The van der Waals surface area contributed by atoms with Crippen LogP contribution in [0.1, 0.15) is 15.9 Å². The lowest BCUT2D eigenvalue weighted by Gasteiger charge is -2.02. The Labute approximate surface area is 115 Å². The fourth-order valence-corrected chi connectivity index (χ4v) is 1.60. The molecule has 2 rings (SSSR count). The predicted molar refractivity (Wildman–Crippen MR) is 77.4 cm³/mol. The Hall–Kier alpha value is -2.33. The third kappa shape index (κ3) is 3.56. The van der Waals surface area contributed by atoms with E-state index in [0.717, 1.165) is 5.56 Å². The highest BCUT2D eigenvalue weighted by atomic mass is 35.5. The highest BCUT2D eigenvalue weighted by Gasteiger charge is 2.06. The van der Waals surface area contributed by atoms with Gasteiger partial charge in [-0.3, -0.25) is 4.79 Å². The van der Waals surface area contributed by atoms with E-state index in [1.54, 1.807) is 48.5 Å². The van der Waals surface area contributed by atoms with Gasteiger partial charge in [0.25, 0.3) is 5.91 Å². The van der Waals surface area contributed by atoms with Gasteiger partial charge in [-0.25, -0.2) is 5.43 Å². The summed E-state index contributed by atoms with van der Waals surface area (Å²) in [5.74, 6) is -0.344. The molecule has 0 unspecified atom stereocenters. The van der Waals surface area contributed by atoms with Gasteiger partial charge >= 0.3 is 0 Å². The topological polar surface area (TPSA) is 67.5 Å². The van der Waals surface area contributed by atoms with Crippen LogP contribution in [0.5, 0.6) is 0 Å². The van der Waals surface area contributed by atoms with Gasteiger partial charge in [0.05, 0.1) is 11.8 Å². The zero-order chi connectivity index (χ0) is 13.7. The van der Waals surface area contributed by atoms with Crippen LogP contribution >= 0.6 is 11.6 Å². The second-order valence-electron chi connectivity index (χ2n) is 3.84. The number of nitrogens with zero attached hydrogens (tertiary/aromatic N) is 1. The Morgan fingerprint density at radius 3 is 2.53 bits per heavy atom. The number of nitrogens with one attached hydrogen (secondary N) is 1. The molecule has 0 atom stereocenters. The molecular weight excluding hydrogens is 262 g/mol. The summed E-state index contributed by atoms with van der Waals surface area (Å²) >= 11 is 5.77. The first-order chi connectivity index (χ1) is 9.16. The average Bonchev–Trinajstić information content (AvgIpc) is 2.41. The van der Waals surface area contributed by atoms with Gasteiger partial charge in [0, 0.05) is 10.7 Å². The summed E-state index contributed by atoms with van der Waals surface area (Å²) in [6, 6.07) is 13.9. The van der Waals surface area contributed by atoms with Crippen LogP contribution in [0.2, 0.25) is 5.02 Å². The van der Waals surface area contributed by atoms with Crippen molar-refractivity contribution in [2.75, 3.05) is 5.73 Å². The van der Waals surface area contributed by atoms with Crippen LogP contribution in [0.25, 0.3) is 0 Å². The van der Waals surface area contributed by atoms with Gasteiger partial charge in [-0.15, -0.1) is 0 Å². The number of nitrogen functional groups attached to an aromatic ring is 1. The first-order valence-corrected chi connectivity index (χ1v) is 5.98. The number of amides is 1. The average molecular weight is 274 g/mol. The van der Waals surface area contributed by atoms with Crippen LogP contribution in [0.3, 0.4) is 0 Å². The van der Waals surface area contributed by atoms with E-state index >= 15 is 0 Å². The van der Waals surface area contributed by atoms with Gasteiger partial charge in [0.15, 0.2) is 0 Å². The summed E-state index contributed by atoms with van der Waals surface area (Å²) < 4.78 is 0. The summed E-state index contributed by atoms with van der Waals surface area (Å²) in [7, 11) is 0. The van der Waals surface area contributed by atoms with Crippen LogP contribution < -0.4 is 11.2 Å². The van der Waals surface area contributed by atoms with Crippen molar-refractivity contribution in [3.05, 3.63) is 64.7 Å². The Morgan fingerprint density at radius 2 is 1.84 bits per heavy atom. The molecule has 1 amide bonds. The minimum Gasteiger partial charge on any atom is -0.398 e. The number of benzene rings is 2. The highest BCUT2D eigenvalue weighted by molar-refractivity contribution is 6.30. The summed E-state index contributed by atoms with van der Waals surface area (Å²) in [6.07, 6.45) is 1.54. The molecule has 0 aliphatic carbocycles. The molecule has 19 heavy (non-hydrogen) atoms. The largest absolute Gasteiger partial charge is 0.398 e. The van der Waals surface area contributed by atoms with Gasteiger partial charge in [-0.05, 0) is 29.8 Å². The van der Waals surface area contributed by atoms with Crippen molar-refractivity contribution >= 4 is 29.4 Å². The van der Waals surface area contributed by atoms with E-state index in [9.17, 15) is 4.79 Å². The molecule has 0 aromatic heterocycles. The molecular formula is C14H12ClN3O. The van der Waals surface area contributed by atoms with Crippen molar-refractivity contribution in [2.45, 2.75) is 0 Å². The number of halogens is 1. The maximum Gasteiger partial charge on any atom is 0.273 e. The van der Waals surface area contributed by atoms with Crippen molar-refractivity contribution < 1.29 is 4.79 Å². The number of nitrogens with two attached hydrogens (primary N) is 1. The number of para-hydroxylation sites is 1. The molecule has 0 fully saturated rings. The molecule has 0 spiro atoms. The normalized spacial score (nSPS) is 10.6. The fraction of sp³-hybridized carbons (Fsp3) is 0. The molecule has 0 saturated heterocycles. The van der Waals surface area contributed by atoms with E-state index in [1.807, 2.05) is 0 Å². The fourth-order valence-electron chi connectivity index (χ4n) is 1.48. The summed E-state index contributed by atoms with van der Waals surface area (Å²) in [5, 5.41) is 4.52. The third-order valence-electron chi connectivity index (χ3n) is 2.46. The Balaban J connectivity index is 2.01. The van der Waals surface area contributed by atoms with Crippen LogP contribution in [0, 0.1) is 0 Å². The Kier molecular flexibility index (Phi) is 4.15. The van der Waals surface area contributed by atoms with E-state index in [0.29, 0.717) is 16.3 Å². The van der Waals surface area contributed by atoms with Crippen LogP contribution in [-0.2, 0) is 0 Å². The van der Waals surface area contributed by atoms with E-state index in [1.165, 1.54) is 6.21 Å². The van der Waals surface area contributed by atoms with Gasteiger partial charge in [0.1, 0.15) is 0 Å². The summed E-state index contributed by atoms with van der Waals surface area (Å²) in [6.45, 7) is 0. The lowest BCUT2D eigenvalue weighted by molar-refractivity contribution is 0.0956. The smallest absolute Gasteiger partial charge is 0.273 e. The SMILES string of the molecule is Nc1ccccc1C(=O)NN=Cc1ccc(Cl)cc1. The van der Waals surface area contributed by atoms with Crippen LogP contribution in [-0.4, -0.2) is 12.1 Å². The lowest BCUT2D eigenvalue weighted by Crippen LogP contribution is -2.18. The monoisotopic (exact) mass is 273 g/mol. The van der Waals surface area contributed by atoms with Crippen molar-refractivity contribution in [1.82, 2.24) is 5.43 Å². The number of rotatable bonds is 3. The van der Waals surface area contributed by atoms with Crippen LogP contribution in [0.4, 0.5) is 5.69 Å². The van der Waals surface area contributed by atoms with E-state index in [4.69, 9.17) is 17.3 Å². The Bertz CT molecular complexity index is 608. The molecule has 3 N–H and O–H groups in total. The molecule has 0 radical (unpaired) electrons. The maximum absolute atomic E-state index is 11.8. The molecule has 4 nitrogen and oxygen atoms in total. The van der Waals surface area contributed by atoms with Gasteiger partial charge in [-0.1, -0.05) is 35.9 Å². The van der Waals surface area contributed by atoms with E-state index in [-0.39, 0.29) is 5.91 Å². The summed E-state index contributed by atoms with van der Waals surface area (Å²) in [4.78, 5) is 11.8. The molecule has 96 valence electrons. The minimum atomic E-state index is -0.344. The van der Waals surface area contributed by atoms with Gasteiger partial charge in [0.2, 0.25) is 0 Å². The number of carbonyl (C=O) groups excluding carboxylic acids is 1. The van der Waals surface area contributed by atoms with Crippen molar-refractivity contribution in [3.63, 3.8) is 0 Å². The zero-order valence-corrected chi connectivity index (χ0v) is 10.8. The van der Waals surface area contributed by atoms with Gasteiger partial charge < -0.3 is 5.73 Å². The molecule has 5 heteroatoms. The number of carbonyl (C=O) groups is 1. The molecule has 2 aromatic rings. The summed E-state index contributed by atoms with van der Waals surface area (Å²) in [5.41, 5.74) is 9.77. The first-order valence-electron chi connectivity index (χ1n) is 5.60. The number of hydrogen-bond acceptors (Lipinski definition) is 3. The maximum atomic E-state index is 11.8. The molecule has 0 aliphatic rings. The standard InChI is InChI=1S/C14H12ClN3O/c15-11-7-5-10(6-8-11)9-17-18-14(19)12-3-1-2-4-13(12)16/h1-9H,16H2,(H,18,19). The predicted octanol–water partition coefficient (Wildman–Crippen LogP) is 2.69. The second-order valence-corrected chi connectivity index (χ2v) is 4.27. The quantitative estimate of drug-likeness (QED) is 0.513. The number of anilines is 1. The number of hydrogen-bond donors (Lipinski definition) is 2. The molecule has 2 aromatic carbocycles. The molecule has 0 saturated carbocycles. The lowest BCUT2D eigenvalue weighted by atomic mass is 10.2.